The van der Waals surface area contributed by atoms with Gasteiger partial charge in [0.05, 0.1) is 0 Å². The summed E-state index contributed by atoms with van der Waals surface area (Å²) in [5, 5.41) is 4.77. The third kappa shape index (κ3) is 2.53. The van der Waals surface area contributed by atoms with Crippen molar-refractivity contribution in [2.24, 2.45) is 0 Å². The van der Waals surface area contributed by atoms with Crippen LogP contribution < -0.4 is 5.32 Å². The van der Waals surface area contributed by atoms with Gasteiger partial charge in [0.15, 0.2) is 0 Å². The highest BCUT2D eigenvalue weighted by molar-refractivity contribution is 5.82. The molecule has 0 unspecified atom stereocenters. The van der Waals surface area contributed by atoms with Gasteiger partial charge >= 0.3 is 0 Å². The Hall–Kier alpha value is -2.13. The summed E-state index contributed by atoms with van der Waals surface area (Å²) in [4.78, 5) is 0. The molecule has 1 N–H and O–H groups in total. The van der Waals surface area contributed by atoms with Gasteiger partial charge in [0.25, 0.3) is 0 Å². The molecular formula is C19H19FN2. The van der Waals surface area contributed by atoms with Gasteiger partial charge in [-0.05, 0) is 47.2 Å². The molecule has 1 aliphatic rings. The van der Waals surface area contributed by atoms with Gasteiger partial charge in [-0.15, -0.1) is 0 Å². The van der Waals surface area contributed by atoms with Crippen molar-refractivity contribution in [1.29, 1.82) is 0 Å². The average molecular weight is 294 g/mol. The zero-order chi connectivity index (χ0) is 14.9. The predicted octanol–water partition coefficient (Wildman–Crippen LogP) is 3.52. The molecule has 0 aliphatic carbocycles. The average Bonchev–Trinajstić information content (AvgIpc) is 2.71. The minimum absolute atomic E-state index is 0.177. The summed E-state index contributed by atoms with van der Waals surface area (Å²) in [6, 6.07) is 15.8. The van der Waals surface area contributed by atoms with E-state index in [9.17, 15) is 4.39 Å². The molecule has 1 aromatic heterocycles. The molecule has 2 heterocycles. The van der Waals surface area contributed by atoms with Crippen molar-refractivity contribution >= 4 is 10.9 Å². The van der Waals surface area contributed by atoms with Crippen molar-refractivity contribution in [1.82, 2.24) is 9.88 Å². The first kappa shape index (κ1) is 13.5. The van der Waals surface area contributed by atoms with E-state index in [2.05, 4.69) is 34.1 Å². The molecule has 2 nitrogen and oxygen atoms in total. The first-order valence-electron chi connectivity index (χ1n) is 7.86. The Bertz CT molecular complexity index is 802. The Morgan fingerprint density at radius 2 is 1.77 bits per heavy atom. The largest absolute Gasteiger partial charge is 0.343 e. The lowest BCUT2D eigenvalue weighted by Crippen LogP contribution is -2.17. The van der Waals surface area contributed by atoms with Crippen molar-refractivity contribution in [3.05, 3.63) is 71.2 Å². The Morgan fingerprint density at radius 3 is 2.64 bits per heavy atom. The Balaban J connectivity index is 1.70. The summed E-state index contributed by atoms with van der Waals surface area (Å²) in [5.74, 6) is -0.177. The SMILES string of the molecule is Fc1ccc(Cc2ccc3cc4n(c3c2)CCNCC4)cc1. The van der Waals surface area contributed by atoms with Crippen LogP contribution in [0.4, 0.5) is 4.39 Å². The van der Waals surface area contributed by atoms with E-state index in [1.807, 2.05) is 12.1 Å². The zero-order valence-corrected chi connectivity index (χ0v) is 12.5. The molecule has 4 rings (SSSR count). The maximum Gasteiger partial charge on any atom is 0.123 e. The van der Waals surface area contributed by atoms with E-state index in [0.29, 0.717) is 0 Å². The maximum absolute atomic E-state index is 13.0. The normalized spacial score (nSPS) is 14.8. The molecule has 0 saturated heterocycles. The number of benzene rings is 2. The lowest BCUT2D eigenvalue weighted by atomic mass is 10.0. The van der Waals surface area contributed by atoms with Crippen molar-refractivity contribution in [2.75, 3.05) is 13.1 Å². The molecule has 1 aliphatic heterocycles. The Morgan fingerprint density at radius 1 is 0.955 bits per heavy atom. The van der Waals surface area contributed by atoms with Crippen molar-refractivity contribution in [3.63, 3.8) is 0 Å². The topological polar surface area (TPSA) is 17.0 Å². The van der Waals surface area contributed by atoms with Crippen molar-refractivity contribution < 1.29 is 4.39 Å². The van der Waals surface area contributed by atoms with Gasteiger partial charge in [-0.1, -0.05) is 24.3 Å². The number of nitrogens with one attached hydrogen (secondary N) is 1. The number of nitrogens with zero attached hydrogens (tertiary/aromatic N) is 1. The highest BCUT2D eigenvalue weighted by Crippen LogP contribution is 2.24. The maximum atomic E-state index is 13.0. The molecule has 3 heteroatoms. The first-order chi connectivity index (χ1) is 10.8. The summed E-state index contributed by atoms with van der Waals surface area (Å²) in [6.45, 7) is 3.11. The van der Waals surface area contributed by atoms with Crippen molar-refractivity contribution in [2.45, 2.75) is 19.4 Å². The summed E-state index contributed by atoms with van der Waals surface area (Å²) < 4.78 is 15.4. The monoisotopic (exact) mass is 294 g/mol. The van der Waals surface area contributed by atoms with E-state index in [0.717, 1.165) is 38.0 Å². The van der Waals surface area contributed by atoms with Crippen LogP contribution in [0.5, 0.6) is 0 Å². The highest BCUT2D eigenvalue weighted by Gasteiger charge is 2.11. The Kier molecular flexibility index (Phi) is 3.43. The Labute approximate surface area is 129 Å². The van der Waals surface area contributed by atoms with Crippen LogP contribution in [0.15, 0.2) is 48.5 Å². The van der Waals surface area contributed by atoms with E-state index < -0.39 is 0 Å². The standard InChI is InChI=1S/C19H19FN2/c20-17-5-2-14(3-6-17)11-15-1-4-16-13-18-7-8-21-9-10-22(18)19(16)12-15/h1-6,12-13,21H,7-11H2. The molecule has 0 saturated carbocycles. The number of hydrogen-bond acceptors (Lipinski definition) is 1. The minimum atomic E-state index is -0.177. The lowest BCUT2D eigenvalue weighted by molar-refractivity contribution is 0.627. The molecule has 3 aromatic rings. The number of halogens is 1. The van der Waals surface area contributed by atoms with E-state index in [-0.39, 0.29) is 5.82 Å². The minimum Gasteiger partial charge on any atom is -0.343 e. The van der Waals surface area contributed by atoms with Gasteiger partial charge in [-0.2, -0.15) is 0 Å². The van der Waals surface area contributed by atoms with E-state index in [1.165, 1.54) is 34.3 Å². The zero-order valence-electron chi connectivity index (χ0n) is 12.5. The van der Waals surface area contributed by atoms with Crippen LogP contribution in [0.3, 0.4) is 0 Å². The van der Waals surface area contributed by atoms with Gasteiger partial charge < -0.3 is 9.88 Å². The summed E-state index contributed by atoms with van der Waals surface area (Å²) in [5.41, 5.74) is 5.15. The van der Waals surface area contributed by atoms with Crippen LogP contribution in [-0.2, 0) is 19.4 Å². The first-order valence-corrected chi connectivity index (χ1v) is 7.86. The third-order valence-electron chi connectivity index (χ3n) is 4.45. The second-order valence-corrected chi connectivity index (χ2v) is 5.98. The van der Waals surface area contributed by atoms with E-state index >= 15 is 0 Å². The fourth-order valence-electron chi connectivity index (χ4n) is 3.31. The number of aromatic nitrogens is 1. The van der Waals surface area contributed by atoms with E-state index in [1.54, 1.807) is 0 Å². The lowest BCUT2D eigenvalue weighted by Gasteiger charge is -2.08. The number of fused-ring (bicyclic) bond motifs is 3. The van der Waals surface area contributed by atoms with Crippen LogP contribution in [0, 0.1) is 5.82 Å². The van der Waals surface area contributed by atoms with E-state index in [4.69, 9.17) is 0 Å². The molecule has 0 amide bonds. The molecule has 0 radical (unpaired) electrons. The third-order valence-corrected chi connectivity index (χ3v) is 4.45. The van der Waals surface area contributed by atoms with Gasteiger partial charge in [-0.3, -0.25) is 0 Å². The summed E-state index contributed by atoms with van der Waals surface area (Å²) in [6.07, 6.45) is 1.93. The fourth-order valence-corrected chi connectivity index (χ4v) is 3.31. The predicted molar refractivity (Wildman–Crippen MR) is 87.7 cm³/mol. The summed E-state index contributed by atoms with van der Waals surface area (Å²) in [7, 11) is 0. The second-order valence-electron chi connectivity index (χ2n) is 5.98. The molecule has 0 bridgehead atoms. The number of hydrogen-bond donors (Lipinski definition) is 1. The highest BCUT2D eigenvalue weighted by atomic mass is 19.1. The van der Waals surface area contributed by atoms with Gasteiger partial charge in [0.2, 0.25) is 0 Å². The second kappa shape index (κ2) is 5.58. The fraction of sp³-hybridized carbons (Fsp3) is 0.263. The molecule has 22 heavy (non-hydrogen) atoms. The van der Waals surface area contributed by atoms with Crippen LogP contribution in [0.2, 0.25) is 0 Å². The molecule has 0 fully saturated rings. The van der Waals surface area contributed by atoms with Crippen LogP contribution in [0.25, 0.3) is 10.9 Å². The van der Waals surface area contributed by atoms with Gasteiger partial charge in [0.1, 0.15) is 5.82 Å². The molecule has 112 valence electrons. The van der Waals surface area contributed by atoms with Crippen LogP contribution in [0.1, 0.15) is 16.8 Å². The molecule has 2 aromatic carbocycles. The summed E-state index contributed by atoms with van der Waals surface area (Å²) >= 11 is 0. The molecular weight excluding hydrogens is 275 g/mol. The molecule has 0 spiro atoms. The van der Waals surface area contributed by atoms with Gasteiger partial charge in [-0.25, -0.2) is 4.39 Å². The number of rotatable bonds is 2. The quantitative estimate of drug-likeness (QED) is 0.765. The van der Waals surface area contributed by atoms with Crippen LogP contribution in [-0.4, -0.2) is 17.7 Å². The van der Waals surface area contributed by atoms with Gasteiger partial charge in [0, 0.05) is 37.3 Å². The smallest absolute Gasteiger partial charge is 0.123 e. The van der Waals surface area contributed by atoms with Crippen molar-refractivity contribution in [3.8, 4) is 0 Å². The molecule has 0 atom stereocenters. The van der Waals surface area contributed by atoms with Crippen LogP contribution >= 0.6 is 0 Å².